The monoisotopic (exact) mass is 365 g/mol. The van der Waals surface area contributed by atoms with E-state index in [-0.39, 0.29) is 0 Å². The molecule has 2 aliphatic heterocycles. The highest BCUT2D eigenvalue weighted by Crippen LogP contribution is 2.35. The zero-order chi connectivity index (χ0) is 18.3. The predicted molar refractivity (Wildman–Crippen MR) is 91.6 cm³/mol. The van der Waals surface area contributed by atoms with Gasteiger partial charge in [-0.05, 0) is 43.5 Å². The van der Waals surface area contributed by atoms with Crippen molar-refractivity contribution in [3.8, 4) is 0 Å². The van der Waals surface area contributed by atoms with Crippen molar-refractivity contribution in [1.29, 1.82) is 0 Å². The number of hydrogen-bond donors (Lipinski definition) is 0. The number of nitrogens with zero attached hydrogens (tertiary/aromatic N) is 5. The van der Waals surface area contributed by atoms with Gasteiger partial charge in [0.2, 0.25) is 0 Å². The van der Waals surface area contributed by atoms with Crippen LogP contribution in [0.4, 0.5) is 19.0 Å². The Hall–Kier alpha value is -2.09. The Morgan fingerprint density at radius 1 is 1.15 bits per heavy atom. The number of hydrogen-bond acceptors (Lipinski definition) is 4. The average Bonchev–Trinajstić information content (AvgIpc) is 3.21. The van der Waals surface area contributed by atoms with Crippen molar-refractivity contribution in [2.24, 2.45) is 13.0 Å². The van der Waals surface area contributed by atoms with Gasteiger partial charge in [-0.15, -0.1) is 0 Å². The van der Waals surface area contributed by atoms with Gasteiger partial charge in [-0.2, -0.15) is 18.3 Å². The van der Waals surface area contributed by atoms with E-state index in [1.54, 1.807) is 0 Å². The van der Waals surface area contributed by atoms with Crippen molar-refractivity contribution in [3.63, 3.8) is 0 Å². The number of aromatic nitrogens is 3. The molecule has 0 bridgehead atoms. The van der Waals surface area contributed by atoms with Crippen molar-refractivity contribution in [1.82, 2.24) is 19.7 Å². The molecule has 4 rings (SSSR count). The molecule has 0 amide bonds. The maximum atomic E-state index is 12.7. The van der Waals surface area contributed by atoms with Gasteiger partial charge >= 0.3 is 6.18 Å². The fourth-order valence-electron chi connectivity index (χ4n) is 4.14. The normalized spacial score (nSPS) is 24.1. The number of rotatable bonds is 3. The molecule has 8 heteroatoms. The smallest absolute Gasteiger partial charge is 0.355 e. The SMILES string of the molecule is Cn1nccc1CN1CCC2CCN(c3ccc(C(F)(F)F)cn3)CC21. The Morgan fingerprint density at radius 2 is 1.96 bits per heavy atom. The summed E-state index contributed by atoms with van der Waals surface area (Å²) in [6.45, 7) is 3.56. The Bertz CT molecular complexity index is 755. The van der Waals surface area contributed by atoms with Crippen LogP contribution in [0.15, 0.2) is 30.6 Å². The van der Waals surface area contributed by atoms with Crippen LogP contribution in [0.5, 0.6) is 0 Å². The summed E-state index contributed by atoms with van der Waals surface area (Å²) in [5.41, 5.74) is 0.477. The lowest BCUT2D eigenvalue weighted by atomic mass is 9.92. The lowest BCUT2D eigenvalue weighted by molar-refractivity contribution is -0.137. The van der Waals surface area contributed by atoms with Crippen LogP contribution in [0, 0.1) is 5.92 Å². The highest BCUT2D eigenvalue weighted by atomic mass is 19.4. The van der Waals surface area contributed by atoms with Gasteiger partial charge in [0.1, 0.15) is 5.82 Å². The Balaban J connectivity index is 1.47. The Labute approximate surface area is 150 Å². The van der Waals surface area contributed by atoms with Crippen LogP contribution in [0.1, 0.15) is 24.1 Å². The van der Waals surface area contributed by atoms with E-state index in [0.29, 0.717) is 17.8 Å². The first-order chi connectivity index (χ1) is 12.4. The number of pyridine rings is 1. The molecule has 26 heavy (non-hydrogen) atoms. The summed E-state index contributed by atoms with van der Waals surface area (Å²) >= 11 is 0. The van der Waals surface area contributed by atoms with Gasteiger partial charge in [0, 0.05) is 45.1 Å². The second kappa shape index (κ2) is 6.57. The van der Waals surface area contributed by atoms with Gasteiger partial charge in [-0.1, -0.05) is 0 Å². The molecule has 5 nitrogen and oxygen atoms in total. The highest BCUT2D eigenvalue weighted by Gasteiger charge is 2.39. The summed E-state index contributed by atoms with van der Waals surface area (Å²) in [7, 11) is 1.95. The summed E-state index contributed by atoms with van der Waals surface area (Å²) < 4.78 is 40.1. The third kappa shape index (κ3) is 3.30. The summed E-state index contributed by atoms with van der Waals surface area (Å²) in [5, 5.41) is 4.23. The molecule has 140 valence electrons. The average molecular weight is 365 g/mol. The van der Waals surface area contributed by atoms with E-state index >= 15 is 0 Å². The second-order valence-electron chi connectivity index (χ2n) is 7.17. The van der Waals surface area contributed by atoms with Gasteiger partial charge in [0.25, 0.3) is 0 Å². The summed E-state index contributed by atoms with van der Waals surface area (Å²) in [5.74, 6) is 1.28. The number of anilines is 1. The number of fused-ring (bicyclic) bond motifs is 1. The van der Waals surface area contributed by atoms with Crippen LogP contribution in [0.3, 0.4) is 0 Å². The molecule has 0 saturated carbocycles. The molecule has 0 aromatic carbocycles. The van der Waals surface area contributed by atoms with E-state index < -0.39 is 11.7 Å². The topological polar surface area (TPSA) is 37.2 Å². The maximum Gasteiger partial charge on any atom is 0.417 e. The van der Waals surface area contributed by atoms with Gasteiger partial charge in [-0.3, -0.25) is 9.58 Å². The molecule has 2 saturated heterocycles. The molecule has 0 N–H and O–H groups in total. The molecule has 4 heterocycles. The lowest BCUT2D eigenvalue weighted by Gasteiger charge is -2.39. The van der Waals surface area contributed by atoms with Crippen molar-refractivity contribution >= 4 is 5.82 Å². The fourth-order valence-corrected chi connectivity index (χ4v) is 4.14. The largest absolute Gasteiger partial charge is 0.417 e. The molecular weight excluding hydrogens is 343 g/mol. The van der Waals surface area contributed by atoms with Crippen LogP contribution >= 0.6 is 0 Å². The summed E-state index contributed by atoms with van der Waals surface area (Å²) in [6.07, 6.45) is 0.627. The third-order valence-electron chi connectivity index (χ3n) is 5.66. The van der Waals surface area contributed by atoms with E-state index in [1.165, 1.54) is 18.2 Å². The molecule has 2 unspecified atom stereocenters. The molecule has 2 aromatic rings. The highest BCUT2D eigenvalue weighted by molar-refractivity contribution is 5.41. The van der Waals surface area contributed by atoms with Gasteiger partial charge < -0.3 is 4.90 Å². The number of halogens is 3. The van der Waals surface area contributed by atoms with Crippen molar-refractivity contribution < 1.29 is 13.2 Å². The van der Waals surface area contributed by atoms with Crippen LogP contribution in [-0.2, 0) is 19.8 Å². The first-order valence-electron chi connectivity index (χ1n) is 8.91. The van der Waals surface area contributed by atoms with E-state index in [9.17, 15) is 13.2 Å². The lowest BCUT2D eigenvalue weighted by Crippen LogP contribution is -2.48. The van der Waals surface area contributed by atoms with Crippen molar-refractivity contribution in [2.75, 3.05) is 24.5 Å². The van der Waals surface area contributed by atoms with Crippen LogP contribution in [0.2, 0.25) is 0 Å². The first kappa shape index (κ1) is 17.3. The first-order valence-corrected chi connectivity index (χ1v) is 8.91. The molecule has 2 atom stereocenters. The minimum atomic E-state index is -4.34. The van der Waals surface area contributed by atoms with Gasteiger partial charge in [0.05, 0.1) is 11.3 Å². The van der Waals surface area contributed by atoms with Crippen molar-refractivity contribution in [2.45, 2.75) is 31.6 Å². The van der Waals surface area contributed by atoms with Gasteiger partial charge in [0.15, 0.2) is 0 Å². The van der Waals surface area contributed by atoms with Crippen LogP contribution in [0.25, 0.3) is 0 Å². The molecule has 2 aromatic heterocycles. The molecule has 0 radical (unpaired) electrons. The predicted octanol–water partition coefficient (Wildman–Crippen LogP) is 2.93. The Kier molecular flexibility index (Phi) is 4.38. The van der Waals surface area contributed by atoms with E-state index in [2.05, 4.69) is 19.9 Å². The molecule has 2 aliphatic rings. The van der Waals surface area contributed by atoms with E-state index in [1.807, 2.05) is 24.0 Å². The molecule has 0 aliphatic carbocycles. The Morgan fingerprint density at radius 3 is 2.62 bits per heavy atom. The number of piperidine rings is 1. The summed E-state index contributed by atoms with van der Waals surface area (Å²) in [4.78, 5) is 8.66. The minimum Gasteiger partial charge on any atom is -0.355 e. The van der Waals surface area contributed by atoms with Crippen molar-refractivity contribution in [3.05, 3.63) is 41.9 Å². The quantitative estimate of drug-likeness (QED) is 0.838. The van der Waals surface area contributed by atoms with Crippen LogP contribution in [-0.4, -0.2) is 45.3 Å². The van der Waals surface area contributed by atoms with E-state index in [4.69, 9.17) is 0 Å². The standard InChI is InChI=1S/C18H22F3N5/c1-24-15(4-7-23-24)11-25-8-5-13-6-9-26(12-16(13)25)17-3-2-14(10-22-17)18(19,20)21/h2-4,7,10,13,16H,5-6,8-9,11-12H2,1H3. The van der Waals surface area contributed by atoms with E-state index in [0.717, 1.165) is 44.9 Å². The third-order valence-corrected chi connectivity index (χ3v) is 5.66. The number of likely N-dealkylation sites (tertiary alicyclic amines) is 1. The zero-order valence-corrected chi connectivity index (χ0v) is 14.7. The minimum absolute atomic E-state index is 0.405. The van der Waals surface area contributed by atoms with Crippen LogP contribution < -0.4 is 4.90 Å². The fraction of sp³-hybridized carbons (Fsp3) is 0.556. The number of alkyl halides is 3. The molecule has 0 spiro atoms. The molecule has 2 fully saturated rings. The molecular formula is C18H22F3N5. The summed E-state index contributed by atoms with van der Waals surface area (Å²) in [6, 6.07) is 5.05. The second-order valence-corrected chi connectivity index (χ2v) is 7.17. The maximum absolute atomic E-state index is 12.7. The number of aryl methyl sites for hydroxylation is 1. The zero-order valence-electron chi connectivity index (χ0n) is 14.7. The van der Waals surface area contributed by atoms with Gasteiger partial charge in [-0.25, -0.2) is 4.98 Å².